The smallest absolute Gasteiger partial charge is 0.250 e. The number of nitrogens with two attached hydrogens (primary N) is 1. The van der Waals surface area contributed by atoms with Crippen molar-refractivity contribution in [1.29, 1.82) is 0 Å². The highest BCUT2D eigenvalue weighted by Crippen LogP contribution is 2.64. The van der Waals surface area contributed by atoms with Crippen LogP contribution in [0.15, 0.2) is 24.3 Å². The van der Waals surface area contributed by atoms with Crippen LogP contribution in [0.5, 0.6) is 5.75 Å². The van der Waals surface area contributed by atoms with Gasteiger partial charge in [0.25, 0.3) is 5.91 Å². The van der Waals surface area contributed by atoms with Crippen LogP contribution >= 0.6 is 46.4 Å². The van der Waals surface area contributed by atoms with E-state index in [4.69, 9.17) is 56.9 Å². The van der Waals surface area contributed by atoms with E-state index in [2.05, 4.69) is 5.32 Å². The second kappa shape index (κ2) is 7.47. The van der Waals surface area contributed by atoms with Gasteiger partial charge in [0, 0.05) is 17.1 Å². The monoisotopic (exact) mass is 554 g/mol. The van der Waals surface area contributed by atoms with Crippen LogP contribution in [-0.2, 0) is 19.9 Å². The number of hydrogen-bond acceptors (Lipinski definition) is 6. The van der Waals surface area contributed by atoms with Gasteiger partial charge in [-0.05, 0) is 37.1 Å². The number of hydrogen-bond donors (Lipinski definition) is 2. The highest BCUT2D eigenvalue weighted by atomic mass is 35.5. The lowest BCUT2D eigenvalue weighted by molar-refractivity contribution is -0.136. The van der Waals surface area contributed by atoms with Crippen molar-refractivity contribution in [2.75, 3.05) is 23.9 Å². The van der Waals surface area contributed by atoms with Crippen molar-refractivity contribution in [3.8, 4) is 5.75 Å². The average molecular weight is 556 g/mol. The molecule has 3 N–H and O–H groups in total. The summed E-state index contributed by atoms with van der Waals surface area (Å²) in [6, 6.07) is 6.00. The van der Waals surface area contributed by atoms with Gasteiger partial charge in [-0.25, -0.2) is 4.90 Å². The van der Waals surface area contributed by atoms with E-state index in [1.54, 1.807) is 11.0 Å². The summed E-state index contributed by atoms with van der Waals surface area (Å²) in [6.45, 7) is 0.432. The molecule has 6 rings (SSSR count). The van der Waals surface area contributed by atoms with Crippen LogP contribution in [0.25, 0.3) is 0 Å². The zero-order chi connectivity index (χ0) is 25.0. The first-order valence-corrected chi connectivity index (χ1v) is 12.4. The lowest BCUT2D eigenvalue weighted by Crippen LogP contribution is -2.61. The molecule has 4 atom stereocenters. The fourth-order valence-corrected chi connectivity index (χ4v) is 7.66. The molecule has 182 valence electrons. The Hall–Kier alpha value is -2.07. The summed E-state index contributed by atoms with van der Waals surface area (Å²) >= 11 is 25.4. The molecule has 4 heterocycles. The first kappa shape index (κ1) is 23.3. The molecule has 3 fully saturated rings. The summed E-state index contributed by atoms with van der Waals surface area (Å²) in [7, 11) is 1.41. The van der Waals surface area contributed by atoms with Gasteiger partial charge in [0.05, 0.1) is 51.1 Å². The molecule has 4 aliphatic rings. The molecule has 0 aromatic heterocycles. The molecule has 0 radical (unpaired) electrons. The van der Waals surface area contributed by atoms with E-state index < -0.39 is 40.8 Å². The highest BCUT2D eigenvalue weighted by Gasteiger charge is 2.79. The van der Waals surface area contributed by atoms with Gasteiger partial charge in [0.1, 0.15) is 5.54 Å². The van der Waals surface area contributed by atoms with Crippen LogP contribution in [-0.4, -0.2) is 41.9 Å². The Morgan fingerprint density at radius 2 is 1.66 bits per heavy atom. The first-order valence-electron chi connectivity index (χ1n) is 10.9. The number of nitrogens with one attached hydrogen (secondary N) is 1. The van der Waals surface area contributed by atoms with Gasteiger partial charge >= 0.3 is 0 Å². The number of imide groups is 1. The van der Waals surface area contributed by atoms with Crippen molar-refractivity contribution in [2.45, 2.75) is 24.0 Å². The van der Waals surface area contributed by atoms with Gasteiger partial charge in [-0.2, -0.15) is 0 Å². The third-order valence-corrected chi connectivity index (χ3v) is 8.76. The van der Waals surface area contributed by atoms with E-state index in [0.29, 0.717) is 35.7 Å². The quantitative estimate of drug-likeness (QED) is 0.542. The minimum atomic E-state index is -1.54. The lowest BCUT2D eigenvalue weighted by Gasteiger charge is -2.40. The Bertz CT molecular complexity index is 1350. The van der Waals surface area contributed by atoms with Crippen LogP contribution < -0.4 is 20.7 Å². The van der Waals surface area contributed by atoms with Crippen LogP contribution in [0.1, 0.15) is 18.4 Å². The first-order chi connectivity index (χ1) is 16.6. The average Bonchev–Trinajstić information content (AvgIpc) is 3.43. The van der Waals surface area contributed by atoms with E-state index in [0.717, 1.165) is 4.90 Å². The number of ether oxygens (including phenoxy) is 1. The molecule has 4 aliphatic heterocycles. The number of halogens is 4. The number of methoxy groups -OCH3 is 1. The largest absolute Gasteiger partial charge is 0.494 e. The second-order valence-electron chi connectivity index (χ2n) is 9.19. The Morgan fingerprint density at radius 1 is 1.00 bits per heavy atom. The molecule has 0 aliphatic carbocycles. The van der Waals surface area contributed by atoms with Gasteiger partial charge in [-0.1, -0.05) is 46.4 Å². The standard InChI is InChI=1S/C23H18Cl4N4O4/c1-35-18-13(26)7-10(8-14(18)27)31-19(32)15-16(20(31)33)23(30-4-2-3-22(15,30)28)11-5-9(24)6-12(25)17(11)29-21(23)34/h5-8,15-16H,2-4,28H2,1H3,(H,29,34). The fraction of sp³-hybridized carbons (Fsp3) is 0.348. The van der Waals surface area contributed by atoms with Crippen molar-refractivity contribution < 1.29 is 19.1 Å². The molecule has 2 aromatic rings. The molecular weight excluding hydrogens is 538 g/mol. The molecule has 8 nitrogen and oxygen atoms in total. The zero-order valence-electron chi connectivity index (χ0n) is 18.2. The summed E-state index contributed by atoms with van der Waals surface area (Å²) in [5.41, 5.74) is 5.13. The van der Waals surface area contributed by atoms with E-state index in [1.165, 1.54) is 25.3 Å². The molecule has 3 saturated heterocycles. The van der Waals surface area contributed by atoms with Crippen LogP contribution in [0.3, 0.4) is 0 Å². The van der Waals surface area contributed by atoms with Crippen LogP contribution in [0.2, 0.25) is 20.1 Å². The third kappa shape index (κ3) is 2.70. The summed E-state index contributed by atoms with van der Waals surface area (Å²) in [6.07, 6.45) is 1.09. The molecule has 35 heavy (non-hydrogen) atoms. The molecule has 12 heteroatoms. The van der Waals surface area contributed by atoms with Crippen molar-refractivity contribution in [3.05, 3.63) is 49.9 Å². The maximum Gasteiger partial charge on any atom is 0.250 e. The summed E-state index contributed by atoms with van der Waals surface area (Å²) in [4.78, 5) is 44.6. The SMILES string of the molecule is COc1c(Cl)cc(N2C(=O)C3C(C2=O)C2(C(=O)Nc4c(Cl)cc(Cl)cc42)N2CCCC32N)cc1Cl. The van der Waals surface area contributed by atoms with Gasteiger partial charge in [0.2, 0.25) is 11.8 Å². The van der Waals surface area contributed by atoms with E-state index >= 15 is 0 Å². The van der Waals surface area contributed by atoms with Gasteiger partial charge in [-0.15, -0.1) is 0 Å². The topological polar surface area (TPSA) is 105 Å². The normalized spacial score (nSPS) is 31.3. The second-order valence-corrected chi connectivity index (χ2v) is 10.8. The Kier molecular flexibility index (Phi) is 4.98. The number of fused-ring (bicyclic) bond motifs is 7. The molecule has 2 aromatic carbocycles. The maximum absolute atomic E-state index is 14.1. The van der Waals surface area contributed by atoms with Crippen molar-refractivity contribution in [3.63, 3.8) is 0 Å². The number of carbonyl (C=O) groups excluding carboxylic acids is 3. The molecular formula is C23H18Cl4N4O4. The number of nitrogens with zero attached hydrogens (tertiary/aromatic N) is 2. The van der Waals surface area contributed by atoms with E-state index in [-0.39, 0.29) is 26.5 Å². The van der Waals surface area contributed by atoms with Gasteiger partial charge in [-0.3, -0.25) is 19.3 Å². The third-order valence-electron chi connectivity index (χ3n) is 7.68. The fourth-order valence-electron chi connectivity index (χ4n) is 6.49. The molecule has 0 saturated carbocycles. The lowest BCUT2D eigenvalue weighted by atomic mass is 9.74. The molecule has 1 spiro atoms. The van der Waals surface area contributed by atoms with Crippen molar-refractivity contribution >= 4 is 75.5 Å². The van der Waals surface area contributed by atoms with E-state index in [9.17, 15) is 14.4 Å². The number of rotatable bonds is 2. The zero-order valence-corrected chi connectivity index (χ0v) is 21.2. The minimum absolute atomic E-state index is 0.134. The van der Waals surface area contributed by atoms with Gasteiger partial charge < -0.3 is 15.8 Å². The Labute approximate surface area is 220 Å². The van der Waals surface area contributed by atoms with Gasteiger partial charge in [0.15, 0.2) is 5.75 Å². The van der Waals surface area contributed by atoms with E-state index in [1.807, 2.05) is 0 Å². The Balaban J connectivity index is 1.58. The number of anilines is 2. The van der Waals surface area contributed by atoms with Crippen LogP contribution in [0, 0.1) is 11.8 Å². The number of amides is 3. The number of benzene rings is 2. The van der Waals surface area contributed by atoms with Crippen molar-refractivity contribution in [2.24, 2.45) is 17.6 Å². The molecule has 3 amide bonds. The number of carbonyl (C=O) groups is 3. The molecule has 0 bridgehead atoms. The predicted octanol–water partition coefficient (Wildman–Crippen LogP) is 4.03. The highest BCUT2D eigenvalue weighted by molar-refractivity contribution is 6.39. The summed E-state index contributed by atoms with van der Waals surface area (Å²) in [5, 5.41) is 3.64. The molecule has 4 unspecified atom stereocenters. The Morgan fingerprint density at radius 3 is 2.31 bits per heavy atom. The summed E-state index contributed by atoms with van der Waals surface area (Å²) < 4.78 is 5.19. The predicted molar refractivity (Wildman–Crippen MR) is 132 cm³/mol. The minimum Gasteiger partial charge on any atom is -0.494 e. The summed E-state index contributed by atoms with van der Waals surface area (Å²) in [5.74, 6) is -3.41. The van der Waals surface area contributed by atoms with Crippen LogP contribution in [0.4, 0.5) is 11.4 Å². The van der Waals surface area contributed by atoms with Crippen molar-refractivity contribution in [1.82, 2.24) is 4.90 Å². The maximum atomic E-state index is 14.1.